The number of hydrogen-bond donors (Lipinski definition) is 1. The lowest BCUT2D eigenvalue weighted by Gasteiger charge is -2.25. The second kappa shape index (κ2) is 8.43. The van der Waals surface area contributed by atoms with Crippen LogP contribution < -0.4 is 5.32 Å². The zero-order valence-electron chi connectivity index (χ0n) is 16.6. The average Bonchev–Trinajstić information content (AvgIpc) is 2.74. The second-order valence-corrected chi connectivity index (χ2v) is 7.72. The highest BCUT2D eigenvalue weighted by Crippen LogP contribution is 2.22. The van der Waals surface area contributed by atoms with Gasteiger partial charge in [0.05, 0.1) is 0 Å². The van der Waals surface area contributed by atoms with Gasteiger partial charge in [-0.1, -0.05) is 41.5 Å². The molecule has 0 saturated heterocycles. The average molecular weight is 387 g/mol. The molecule has 0 radical (unpaired) electrons. The van der Waals surface area contributed by atoms with Crippen LogP contribution in [-0.4, -0.2) is 34.8 Å². The fourth-order valence-electron chi connectivity index (χ4n) is 3.68. The Balaban J connectivity index is 1.34. The molecule has 2 aliphatic heterocycles. The molecule has 2 aliphatic rings. The van der Waals surface area contributed by atoms with Crippen LogP contribution in [-0.2, 0) is 22.4 Å². The van der Waals surface area contributed by atoms with Crippen molar-refractivity contribution in [1.82, 2.24) is 9.88 Å². The van der Waals surface area contributed by atoms with E-state index >= 15 is 0 Å². The molecule has 29 heavy (non-hydrogen) atoms. The lowest BCUT2D eigenvalue weighted by atomic mass is 9.99. The van der Waals surface area contributed by atoms with Gasteiger partial charge in [0.2, 0.25) is 11.8 Å². The number of rotatable bonds is 4. The summed E-state index contributed by atoms with van der Waals surface area (Å²) >= 11 is 0. The van der Waals surface area contributed by atoms with E-state index in [0.29, 0.717) is 25.2 Å². The van der Waals surface area contributed by atoms with E-state index in [1.54, 1.807) is 18.3 Å². The summed E-state index contributed by atoms with van der Waals surface area (Å²) in [6, 6.07) is 10.6. The number of anilines is 1. The lowest BCUT2D eigenvalue weighted by molar-refractivity contribution is -0.125. The van der Waals surface area contributed by atoms with Crippen LogP contribution in [0.15, 0.2) is 54.3 Å². The van der Waals surface area contributed by atoms with Crippen molar-refractivity contribution in [1.29, 1.82) is 0 Å². The van der Waals surface area contributed by atoms with Crippen LogP contribution in [0.4, 0.5) is 5.82 Å². The van der Waals surface area contributed by atoms with Crippen molar-refractivity contribution >= 4 is 23.7 Å². The van der Waals surface area contributed by atoms with Gasteiger partial charge in [0.15, 0.2) is 0 Å². The number of hydrogen-bond acceptors (Lipinski definition) is 3. The number of aryl methyl sites for hydroxylation is 2. The van der Waals surface area contributed by atoms with Gasteiger partial charge in [0.1, 0.15) is 5.82 Å². The van der Waals surface area contributed by atoms with E-state index in [0.717, 1.165) is 30.5 Å². The zero-order chi connectivity index (χ0) is 20.2. The third kappa shape index (κ3) is 4.80. The molecule has 148 valence electrons. The first-order chi connectivity index (χ1) is 14.1. The molecule has 4 rings (SSSR count). The van der Waals surface area contributed by atoms with Crippen molar-refractivity contribution in [3.63, 3.8) is 0 Å². The van der Waals surface area contributed by atoms with Crippen molar-refractivity contribution < 1.29 is 9.59 Å². The van der Waals surface area contributed by atoms with Crippen molar-refractivity contribution in [2.45, 2.75) is 32.6 Å². The molecule has 0 saturated carbocycles. The van der Waals surface area contributed by atoms with E-state index in [4.69, 9.17) is 0 Å². The van der Waals surface area contributed by atoms with Crippen LogP contribution in [0, 0.1) is 6.92 Å². The highest BCUT2D eigenvalue weighted by molar-refractivity contribution is 5.94. The molecule has 0 fully saturated rings. The van der Waals surface area contributed by atoms with Crippen molar-refractivity contribution in [2.75, 3.05) is 18.4 Å². The molecule has 0 unspecified atom stereocenters. The summed E-state index contributed by atoms with van der Waals surface area (Å²) in [7, 11) is 0. The number of amides is 2. The smallest absolute Gasteiger partial charge is 0.246 e. The van der Waals surface area contributed by atoms with Crippen molar-refractivity contribution in [3.05, 3.63) is 76.5 Å². The van der Waals surface area contributed by atoms with Gasteiger partial charge in [0, 0.05) is 31.8 Å². The summed E-state index contributed by atoms with van der Waals surface area (Å²) in [5.74, 6) is 0.650. The fourth-order valence-corrected chi connectivity index (χ4v) is 3.68. The van der Waals surface area contributed by atoms with Crippen LogP contribution in [0.25, 0.3) is 6.08 Å². The van der Waals surface area contributed by atoms with Gasteiger partial charge in [0.25, 0.3) is 0 Å². The minimum absolute atomic E-state index is 0.00312. The van der Waals surface area contributed by atoms with Gasteiger partial charge in [-0.3, -0.25) is 9.59 Å². The number of pyridine rings is 1. The quantitative estimate of drug-likeness (QED) is 0.643. The molecule has 0 atom stereocenters. The molecule has 5 nitrogen and oxygen atoms in total. The molecule has 3 heterocycles. The monoisotopic (exact) mass is 387 g/mol. The Morgan fingerprint density at radius 1 is 1.21 bits per heavy atom. The Hall–Kier alpha value is -3.21. The maximum absolute atomic E-state index is 12.5. The van der Waals surface area contributed by atoms with Crippen LogP contribution >= 0.6 is 0 Å². The van der Waals surface area contributed by atoms with Gasteiger partial charge < -0.3 is 10.2 Å². The van der Waals surface area contributed by atoms with Gasteiger partial charge in [-0.15, -0.1) is 0 Å². The summed E-state index contributed by atoms with van der Waals surface area (Å²) in [6.45, 7) is 3.49. The Morgan fingerprint density at radius 2 is 2.03 bits per heavy atom. The van der Waals surface area contributed by atoms with Crippen molar-refractivity contribution in [3.8, 4) is 0 Å². The van der Waals surface area contributed by atoms with E-state index in [-0.39, 0.29) is 11.8 Å². The van der Waals surface area contributed by atoms with Crippen LogP contribution in [0.1, 0.15) is 35.1 Å². The van der Waals surface area contributed by atoms with Gasteiger partial charge in [-0.2, -0.15) is 0 Å². The summed E-state index contributed by atoms with van der Waals surface area (Å²) in [5, 5.41) is 2.77. The number of nitrogens with zero attached hydrogens (tertiary/aromatic N) is 2. The molecular weight excluding hydrogens is 362 g/mol. The van der Waals surface area contributed by atoms with Crippen LogP contribution in [0.3, 0.4) is 0 Å². The Kier molecular flexibility index (Phi) is 5.56. The van der Waals surface area contributed by atoms with Gasteiger partial charge in [-0.25, -0.2) is 4.98 Å². The molecule has 2 amide bonds. The SMILES string of the molecule is Cc1ccc(CC2=CCN(C(=O)C=Cc3cnc4c(c3)CCC(=O)N4)CC2)cc1. The number of carbonyl (C=O) groups is 2. The topological polar surface area (TPSA) is 62.3 Å². The molecule has 0 bridgehead atoms. The van der Waals surface area contributed by atoms with E-state index in [1.807, 2.05) is 11.0 Å². The van der Waals surface area contributed by atoms with Crippen LogP contribution in [0.2, 0.25) is 0 Å². The number of aromatic nitrogens is 1. The maximum atomic E-state index is 12.5. The third-order valence-electron chi connectivity index (χ3n) is 5.45. The number of fused-ring (bicyclic) bond motifs is 1. The predicted octanol–water partition coefficient (Wildman–Crippen LogP) is 3.69. The standard InChI is InChI=1S/C24H25N3O2/c1-17-2-4-18(5-3-17)14-19-10-12-27(13-11-19)23(29)9-6-20-15-21-7-8-22(28)26-24(21)25-16-20/h2-6,9-10,15-16H,7-8,11-14H2,1H3,(H,25,26,28). The fraction of sp³-hybridized carbons (Fsp3) is 0.292. The first-order valence-electron chi connectivity index (χ1n) is 10.1. The maximum Gasteiger partial charge on any atom is 0.246 e. The summed E-state index contributed by atoms with van der Waals surface area (Å²) in [4.78, 5) is 30.1. The highest BCUT2D eigenvalue weighted by atomic mass is 16.2. The van der Waals surface area contributed by atoms with E-state index < -0.39 is 0 Å². The Morgan fingerprint density at radius 3 is 2.79 bits per heavy atom. The molecule has 1 N–H and O–H groups in total. The molecule has 1 aromatic heterocycles. The minimum atomic E-state index is 0.00312. The molecule has 0 aliphatic carbocycles. The Labute approximate surface area is 171 Å². The van der Waals surface area contributed by atoms with Gasteiger partial charge in [-0.05, 0) is 55.0 Å². The molecule has 0 spiro atoms. The zero-order valence-corrected chi connectivity index (χ0v) is 16.6. The number of carbonyl (C=O) groups excluding carboxylic acids is 2. The molecule has 5 heteroatoms. The largest absolute Gasteiger partial charge is 0.335 e. The van der Waals surface area contributed by atoms with E-state index in [9.17, 15) is 9.59 Å². The predicted molar refractivity (Wildman–Crippen MR) is 114 cm³/mol. The summed E-state index contributed by atoms with van der Waals surface area (Å²) < 4.78 is 0. The highest BCUT2D eigenvalue weighted by Gasteiger charge is 2.17. The number of benzene rings is 1. The third-order valence-corrected chi connectivity index (χ3v) is 5.45. The second-order valence-electron chi connectivity index (χ2n) is 7.72. The van der Waals surface area contributed by atoms with Gasteiger partial charge >= 0.3 is 0 Å². The normalized spacial score (nSPS) is 16.4. The first-order valence-corrected chi connectivity index (χ1v) is 10.1. The van der Waals surface area contributed by atoms with Crippen molar-refractivity contribution in [2.24, 2.45) is 0 Å². The van der Waals surface area contributed by atoms with E-state index in [2.05, 4.69) is 47.6 Å². The minimum Gasteiger partial charge on any atom is -0.335 e. The molecule has 2 aromatic rings. The molecular formula is C24H25N3O2. The molecule has 1 aromatic carbocycles. The lowest BCUT2D eigenvalue weighted by Crippen LogP contribution is -2.33. The summed E-state index contributed by atoms with van der Waals surface area (Å²) in [5.41, 5.74) is 5.87. The Bertz CT molecular complexity index is 990. The number of nitrogens with one attached hydrogen (secondary N) is 1. The first kappa shape index (κ1) is 19.1. The van der Waals surface area contributed by atoms with Crippen LogP contribution in [0.5, 0.6) is 0 Å². The van der Waals surface area contributed by atoms with E-state index in [1.165, 1.54) is 16.7 Å². The summed E-state index contributed by atoms with van der Waals surface area (Å²) in [6.07, 6.45) is 10.3.